The molecule has 3 aromatic heterocycles. The molecule has 0 bridgehead atoms. The second kappa shape index (κ2) is 13.0. The van der Waals surface area contributed by atoms with Crippen LogP contribution < -0.4 is 21.3 Å². The van der Waals surface area contributed by atoms with Gasteiger partial charge >= 0.3 is 18.1 Å². The Morgan fingerprint density at radius 3 is 2.40 bits per heavy atom. The van der Waals surface area contributed by atoms with Gasteiger partial charge in [0, 0.05) is 39.4 Å². The Bertz CT molecular complexity index is 2140. The molecule has 0 spiro atoms. The van der Waals surface area contributed by atoms with Gasteiger partial charge in [0.1, 0.15) is 11.3 Å². The molecular weight excluding hydrogens is 697 g/mol. The maximum absolute atomic E-state index is 16.5. The second-order valence-electron chi connectivity index (χ2n) is 11.6. The van der Waals surface area contributed by atoms with Gasteiger partial charge in [-0.15, -0.1) is 5.10 Å². The number of carbonyl (C=O) groups excluding carboxylic acids is 2. The summed E-state index contributed by atoms with van der Waals surface area (Å²) < 4.78 is 80.2. The molecule has 0 radical (unpaired) electrons. The first-order chi connectivity index (χ1) is 23.6. The number of anilines is 2. The smallest absolute Gasteiger partial charge is 0.377 e. The summed E-state index contributed by atoms with van der Waals surface area (Å²) in [4.78, 5) is 59.8. The molecule has 4 aromatic rings. The van der Waals surface area contributed by atoms with E-state index in [0.29, 0.717) is 35.2 Å². The Kier molecular flexibility index (Phi) is 9.06. The number of rotatable bonds is 7. The standard InChI is InChI=1S/C30H29ClF5N9O5/c1-3-21-22(42-8-10-43(11-9-42)25(47)18-15-41(2)40-24(18)46)26(48)45-28(38-23(39-45)16-6-12-50-13-7-16)44(21)30(35,36)27(49)37-20-5-4-17(14-19(20)31)29(32,33)34/h4-6,14-15H,3,7-13H2,1-2H3,(H,37,49)(H,40,46). The first-order valence-corrected chi connectivity index (χ1v) is 15.7. The quantitative estimate of drug-likeness (QED) is 0.276. The van der Waals surface area contributed by atoms with Crippen LogP contribution in [0.2, 0.25) is 5.02 Å². The van der Waals surface area contributed by atoms with Gasteiger partial charge in [-0.25, -0.2) is 4.57 Å². The van der Waals surface area contributed by atoms with Crippen LogP contribution in [0.15, 0.2) is 40.1 Å². The van der Waals surface area contributed by atoms with E-state index in [1.165, 1.54) is 27.6 Å². The molecule has 1 aromatic carbocycles. The number of carbonyl (C=O) groups is 2. The molecule has 0 aliphatic carbocycles. The molecule has 6 rings (SSSR count). The van der Waals surface area contributed by atoms with Crippen molar-refractivity contribution in [2.75, 3.05) is 49.6 Å². The fourth-order valence-electron chi connectivity index (χ4n) is 5.89. The number of fused-ring (bicyclic) bond motifs is 1. The summed E-state index contributed by atoms with van der Waals surface area (Å²) in [5.41, 5.74) is -3.12. The number of benzene rings is 1. The number of nitrogens with one attached hydrogen (secondary N) is 2. The van der Waals surface area contributed by atoms with E-state index < -0.39 is 57.2 Å². The molecule has 2 aliphatic rings. The third kappa shape index (κ3) is 6.26. The summed E-state index contributed by atoms with van der Waals surface area (Å²) in [5, 5.41) is 7.98. The molecule has 20 heteroatoms. The van der Waals surface area contributed by atoms with Crippen LogP contribution in [0.3, 0.4) is 0 Å². The largest absolute Gasteiger partial charge is 0.416 e. The van der Waals surface area contributed by atoms with E-state index in [1.54, 1.807) is 13.1 Å². The van der Waals surface area contributed by atoms with Crippen molar-refractivity contribution in [2.24, 2.45) is 7.05 Å². The lowest BCUT2D eigenvalue weighted by molar-refractivity contribution is -0.154. The molecule has 50 heavy (non-hydrogen) atoms. The van der Waals surface area contributed by atoms with Gasteiger partial charge in [0.15, 0.2) is 5.82 Å². The number of H-pyrrole nitrogens is 1. The second-order valence-corrected chi connectivity index (χ2v) is 12.0. The fraction of sp³-hybridized carbons (Fsp3) is 0.400. The van der Waals surface area contributed by atoms with Gasteiger partial charge in [-0.3, -0.25) is 29.0 Å². The van der Waals surface area contributed by atoms with E-state index >= 15 is 8.78 Å². The van der Waals surface area contributed by atoms with Crippen molar-refractivity contribution in [3.63, 3.8) is 0 Å². The highest BCUT2D eigenvalue weighted by atomic mass is 35.5. The predicted octanol–water partition coefficient (Wildman–Crippen LogP) is 3.11. The van der Waals surface area contributed by atoms with E-state index in [0.717, 1.165) is 6.07 Å². The van der Waals surface area contributed by atoms with Crippen LogP contribution in [0.4, 0.5) is 33.3 Å². The lowest BCUT2D eigenvalue weighted by Crippen LogP contribution is -2.52. The van der Waals surface area contributed by atoms with Gasteiger partial charge in [0.25, 0.3) is 17.0 Å². The summed E-state index contributed by atoms with van der Waals surface area (Å²) in [6, 6.07) is -2.67. The van der Waals surface area contributed by atoms with Crippen molar-refractivity contribution < 1.29 is 36.3 Å². The summed E-state index contributed by atoms with van der Waals surface area (Å²) >= 11 is 5.94. The average molecular weight is 726 g/mol. The van der Waals surface area contributed by atoms with Crippen LogP contribution in [0.5, 0.6) is 0 Å². The van der Waals surface area contributed by atoms with Crippen molar-refractivity contribution in [1.29, 1.82) is 0 Å². The molecule has 14 nitrogen and oxygen atoms in total. The minimum atomic E-state index is -4.77. The number of aromatic nitrogens is 6. The number of ether oxygens (including phenoxy) is 1. The molecule has 2 amide bonds. The highest BCUT2D eigenvalue weighted by molar-refractivity contribution is 6.33. The minimum Gasteiger partial charge on any atom is -0.377 e. The topological polar surface area (TPSA) is 152 Å². The van der Waals surface area contributed by atoms with E-state index in [-0.39, 0.29) is 66.5 Å². The van der Waals surface area contributed by atoms with Crippen molar-refractivity contribution in [1.82, 2.24) is 33.8 Å². The summed E-state index contributed by atoms with van der Waals surface area (Å²) in [7, 11) is 1.55. The summed E-state index contributed by atoms with van der Waals surface area (Å²) in [5.74, 6) is -3.22. The van der Waals surface area contributed by atoms with Crippen LogP contribution in [0.25, 0.3) is 11.4 Å². The number of aryl methyl sites for hydroxylation is 1. The normalized spacial score (nSPS) is 15.8. The molecule has 2 N–H and O–H groups in total. The first-order valence-electron chi connectivity index (χ1n) is 15.3. The predicted molar refractivity (Wildman–Crippen MR) is 169 cm³/mol. The molecule has 0 unspecified atom stereocenters. The van der Waals surface area contributed by atoms with E-state index in [4.69, 9.17) is 16.3 Å². The number of hydrogen-bond acceptors (Lipinski definition) is 8. The van der Waals surface area contributed by atoms with Crippen molar-refractivity contribution >= 4 is 46.1 Å². The van der Waals surface area contributed by atoms with Crippen LogP contribution in [-0.2, 0) is 35.2 Å². The molecule has 0 saturated carbocycles. The maximum atomic E-state index is 16.5. The molecule has 2 aliphatic heterocycles. The van der Waals surface area contributed by atoms with E-state index in [2.05, 4.69) is 15.2 Å². The van der Waals surface area contributed by atoms with Crippen molar-refractivity contribution in [3.05, 3.63) is 78.8 Å². The van der Waals surface area contributed by atoms with Crippen molar-refractivity contribution in [3.8, 4) is 0 Å². The van der Waals surface area contributed by atoms with Crippen LogP contribution in [0, 0.1) is 0 Å². The molecular formula is C30H29ClF5N9O5. The Morgan fingerprint density at radius 1 is 1.10 bits per heavy atom. The summed E-state index contributed by atoms with van der Waals surface area (Å²) in [6.07, 6.45) is -1.67. The zero-order valence-electron chi connectivity index (χ0n) is 26.5. The monoisotopic (exact) mass is 725 g/mol. The van der Waals surface area contributed by atoms with Crippen LogP contribution in [-0.4, -0.2) is 85.1 Å². The van der Waals surface area contributed by atoms with E-state index in [1.807, 2.05) is 5.32 Å². The average Bonchev–Trinajstić information content (AvgIpc) is 3.67. The minimum absolute atomic E-state index is 0.00675. The molecule has 1 fully saturated rings. The lowest BCUT2D eigenvalue weighted by atomic mass is 10.1. The van der Waals surface area contributed by atoms with Gasteiger partial charge in [-0.05, 0) is 36.6 Å². The number of alkyl halides is 5. The Labute approximate surface area is 283 Å². The van der Waals surface area contributed by atoms with Gasteiger partial charge < -0.3 is 19.9 Å². The SMILES string of the molecule is CCc1c(N2CCN(C(=O)c3cn(C)[nH]c3=O)CC2)c(=O)n2nc(C3=CCOCC3)nc2n1C(F)(F)C(=O)Nc1ccc(C(F)(F)F)cc1Cl. The highest BCUT2D eigenvalue weighted by Crippen LogP contribution is 2.36. The molecule has 0 atom stereocenters. The maximum Gasteiger partial charge on any atom is 0.416 e. The van der Waals surface area contributed by atoms with Gasteiger partial charge in [-0.1, -0.05) is 24.6 Å². The Hall–Kier alpha value is -5.04. The van der Waals surface area contributed by atoms with E-state index in [9.17, 15) is 32.3 Å². The first kappa shape index (κ1) is 34.8. The summed E-state index contributed by atoms with van der Waals surface area (Å²) in [6.45, 7) is 2.01. The lowest BCUT2D eigenvalue weighted by Gasteiger charge is -2.37. The number of piperazine rings is 1. The Morgan fingerprint density at radius 2 is 1.82 bits per heavy atom. The highest BCUT2D eigenvalue weighted by Gasteiger charge is 2.46. The van der Waals surface area contributed by atoms with Gasteiger partial charge in [0.2, 0.25) is 5.78 Å². The number of aromatic amines is 1. The van der Waals surface area contributed by atoms with Gasteiger partial charge in [0.05, 0.1) is 35.2 Å². The number of amides is 2. The number of nitrogens with zero attached hydrogens (tertiary/aromatic N) is 7. The zero-order valence-corrected chi connectivity index (χ0v) is 27.2. The van der Waals surface area contributed by atoms with Gasteiger partial charge in [-0.2, -0.15) is 31.5 Å². The van der Waals surface area contributed by atoms with Crippen molar-refractivity contribution in [2.45, 2.75) is 32.0 Å². The molecule has 5 heterocycles. The third-order valence-corrected chi connectivity index (χ3v) is 8.68. The number of halogens is 6. The van der Waals surface area contributed by atoms with Crippen LogP contribution >= 0.6 is 11.6 Å². The Balaban J connectivity index is 1.42. The van der Waals surface area contributed by atoms with Crippen LogP contribution in [0.1, 0.15) is 40.8 Å². The third-order valence-electron chi connectivity index (χ3n) is 8.37. The number of hydrogen-bond donors (Lipinski definition) is 2. The zero-order chi connectivity index (χ0) is 36.1. The molecule has 1 saturated heterocycles. The molecule has 266 valence electrons. The fourth-order valence-corrected chi connectivity index (χ4v) is 6.12.